The second-order valence-electron chi connectivity index (χ2n) is 3.46. The summed E-state index contributed by atoms with van der Waals surface area (Å²) in [5, 5.41) is 22.0. The summed E-state index contributed by atoms with van der Waals surface area (Å²) in [6, 6.07) is -0.462. The van der Waals surface area contributed by atoms with Crippen molar-refractivity contribution in [1.29, 1.82) is 0 Å². The molecule has 15 heavy (non-hydrogen) atoms. The summed E-state index contributed by atoms with van der Waals surface area (Å²) in [4.78, 5) is 21.3. The van der Waals surface area contributed by atoms with E-state index in [1.54, 1.807) is 0 Å². The minimum Gasteiger partial charge on any atom is -0.479 e. The number of aliphatic hydroxyl groups is 1. The van der Waals surface area contributed by atoms with E-state index in [0.29, 0.717) is 12.5 Å². The lowest BCUT2D eigenvalue weighted by atomic mass is 10.1. The summed E-state index contributed by atoms with van der Waals surface area (Å²) in [6.07, 6.45) is -0.600. The normalized spacial score (nSPS) is 14.1. The number of carboxylic acids is 1. The maximum atomic E-state index is 11.1. The number of aliphatic hydroxyl groups excluding tert-OH is 1. The third kappa shape index (κ3) is 6.73. The molecule has 0 aromatic heterocycles. The van der Waals surface area contributed by atoms with Gasteiger partial charge in [0.1, 0.15) is 0 Å². The highest BCUT2D eigenvalue weighted by atomic mass is 16.4. The summed E-state index contributed by atoms with van der Waals surface area (Å²) in [5.41, 5.74) is 0. The summed E-state index contributed by atoms with van der Waals surface area (Å²) < 4.78 is 0. The van der Waals surface area contributed by atoms with Gasteiger partial charge in [0.15, 0.2) is 6.10 Å². The van der Waals surface area contributed by atoms with Gasteiger partial charge in [-0.2, -0.15) is 0 Å². The third-order valence-electron chi connectivity index (χ3n) is 2.05. The van der Waals surface area contributed by atoms with E-state index < -0.39 is 18.1 Å². The molecule has 0 aliphatic heterocycles. The summed E-state index contributed by atoms with van der Waals surface area (Å²) >= 11 is 0. The molecule has 0 saturated heterocycles. The minimum atomic E-state index is -1.56. The molecule has 0 spiro atoms. The maximum absolute atomic E-state index is 11.1. The lowest BCUT2D eigenvalue weighted by Gasteiger charge is -2.12. The Hall–Kier alpha value is -1.30. The van der Waals surface area contributed by atoms with Gasteiger partial charge in [0.25, 0.3) is 0 Å². The number of rotatable bonds is 6. The molecule has 0 aliphatic rings. The van der Waals surface area contributed by atoms with Crippen LogP contribution < -0.4 is 10.6 Å². The first-order valence-corrected chi connectivity index (χ1v) is 4.90. The zero-order chi connectivity index (χ0) is 11.8. The Morgan fingerprint density at radius 1 is 1.27 bits per heavy atom. The molecule has 0 fully saturated rings. The van der Waals surface area contributed by atoms with Gasteiger partial charge < -0.3 is 20.8 Å². The third-order valence-corrected chi connectivity index (χ3v) is 2.05. The van der Waals surface area contributed by atoms with Crippen LogP contribution in [0.1, 0.15) is 20.3 Å². The molecule has 2 unspecified atom stereocenters. The van der Waals surface area contributed by atoms with Gasteiger partial charge in [-0.25, -0.2) is 9.59 Å². The van der Waals surface area contributed by atoms with Crippen LogP contribution >= 0.6 is 0 Å². The highest BCUT2D eigenvalue weighted by Gasteiger charge is 2.13. The van der Waals surface area contributed by atoms with E-state index >= 15 is 0 Å². The Balaban J connectivity index is 3.62. The SMILES string of the molecule is CCC(C)CNC(=O)NCC(O)C(=O)O. The lowest BCUT2D eigenvalue weighted by molar-refractivity contribution is -0.146. The van der Waals surface area contributed by atoms with Gasteiger partial charge in [-0.3, -0.25) is 0 Å². The first kappa shape index (κ1) is 13.7. The van der Waals surface area contributed by atoms with E-state index in [0.717, 1.165) is 6.42 Å². The van der Waals surface area contributed by atoms with Crippen LogP contribution in [0.5, 0.6) is 0 Å². The summed E-state index contributed by atoms with van der Waals surface area (Å²) in [6.45, 7) is 4.25. The number of hydrogen-bond donors (Lipinski definition) is 4. The molecule has 6 heteroatoms. The predicted molar refractivity (Wildman–Crippen MR) is 54.5 cm³/mol. The molecule has 6 nitrogen and oxygen atoms in total. The summed E-state index contributed by atoms with van der Waals surface area (Å²) in [5.74, 6) is -0.975. The van der Waals surface area contributed by atoms with Crippen molar-refractivity contribution in [3.63, 3.8) is 0 Å². The van der Waals surface area contributed by atoms with Crippen molar-refractivity contribution in [3.05, 3.63) is 0 Å². The molecular weight excluding hydrogens is 200 g/mol. The first-order valence-electron chi connectivity index (χ1n) is 4.90. The molecule has 0 aromatic rings. The van der Waals surface area contributed by atoms with Crippen LogP contribution in [0, 0.1) is 5.92 Å². The molecule has 0 aromatic carbocycles. The van der Waals surface area contributed by atoms with E-state index in [1.165, 1.54) is 0 Å². The fourth-order valence-electron chi connectivity index (χ4n) is 0.750. The number of urea groups is 1. The Morgan fingerprint density at radius 2 is 1.80 bits per heavy atom. The van der Waals surface area contributed by atoms with Gasteiger partial charge in [0.05, 0.1) is 6.54 Å². The standard InChI is InChI=1S/C9H18N2O4/c1-3-6(2)4-10-9(15)11-5-7(12)8(13)14/h6-7,12H,3-5H2,1-2H3,(H,13,14)(H2,10,11,15). The van der Waals surface area contributed by atoms with Crippen LogP contribution in [0.2, 0.25) is 0 Å². The number of hydrogen-bond acceptors (Lipinski definition) is 3. The maximum Gasteiger partial charge on any atom is 0.334 e. The molecule has 0 saturated carbocycles. The largest absolute Gasteiger partial charge is 0.479 e. The van der Waals surface area contributed by atoms with Crippen LogP contribution in [0.3, 0.4) is 0 Å². The number of carbonyl (C=O) groups excluding carboxylic acids is 1. The zero-order valence-corrected chi connectivity index (χ0v) is 8.99. The molecule has 88 valence electrons. The smallest absolute Gasteiger partial charge is 0.334 e. The number of nitrogens with one attached hydrogen (secondary N) is 2. The van der Waals surface area contributed by atoms with Crippen molar-refractivity contribution >= 4 is 12.0 Å². The van der Waals surface area contributed by atoms with Gasteiger partial charge in [-0.1, -0.05) is 20.3 Å². The quantitative estimate of drug-likeness (QED) is 0.495. The van der Waals surface area contributed by atoms with Crippen molar-refractivity contribution in [1.82, 2.24) is 10.6 Å². The van der Waals surface area contributed by atoms with Gasteiger partial charge in [0, 0.05) is 6.54 Å². The molecule has 0 aliphatic carbocycles. The number of aliphatic carboxylic acids is 1. The van der Waals surface area contributed by atoms with Crippen LogP contribution in [-0.4, -0.2) is 41.4 Å². The molecule has 0 radical (unpaired) electrons. The van der Waals surface area contributed by atoms with E-state index in [9.17, 15) is 9.59 Å². The van der Waals surface area contributed by atoms with Crippen molar-refractivity contribution in [2.24, 2.45) is 5.92 Å². The minimum absolute atomic E-state index is 0.290. The number of amides is 2. The van der Waals surface area contributed by atoms with E-state index in [1.807, 2.05) is 13.8 Å². The summed E-state index contributed by atoms with van der Waals surface area (Å²) in [7, 11) is 0. The second-order valence-corrected chi connectivity index (χ2v) is 3.46. The van der Waals surface area contributed by atoms with Gasteiger partial charge in [0.2, 0.25) is 0 Å². The highest BCUT2D eigenvalue weighted by molar-refractivity contribution is 5.76. The average molecular weight is 218 g/mol. The topological polar surface area (TPSA) is 98.7 Å². The monoisotopic (exact) mass is 218 g/mol. The zero-order valence-electron chi connectivity index (χ0n) is 8.99. The predicted octanol–water partition coefficient (Wildman–Crippen LogP) is -0.223. The lowest BCUT2D eigenvalue weighted by Crippen LogP contribution is -2.43. The fourth-order valence-corrected chi connectivity index (χ4v) is 0.750. The highest BCUT2D eigenvalue weighted by Crippen LogP contribution is 1.96. The van der Waals surface area contributed by atoms with Crippen LogP contribution in [-0.2, 0) is 4.79 Å². The van der Waals surface area contributed by atoms with E-state index in [4.69, 9.17) is 10.2 Å². The van der Waals surface area contributed by atoms with Crippen molar-refractivity contribution < 1.29 is 19.8 Å². The molecule has 0 rings (SSSR count). The molecule has 2 amide bonds. The van der Waals surface area contributed by atoms with Crippen LogP contribution in [0.4, 0.5) is 4.79 Å². The molecular formula is C9H18N2O4. The molecule has 0 heterocycles. The van der Waals surface area contributed by atoms with Crippen LogP contribution in [0.15, 0.2) is 0 Å². The van der Waals surface area contributed by atoms with E-state index in [2.05, 4.69) is 10.6 Å². The number of carbonyl (C=O) groups is 2. The fraction of sp³-hybridized carbons (Fsp3) is 0.778. The first-order chi connectivity index (χ1) is 6.97. The van der Waals surface area contributed by atoms with Crippen LogP contribution in [0.25, 0.3) is 0 Å². The van der Waals surface area contributed by atoms with Gasteiger partial charge in [-0.05, 0) is 5.92 Å². The Bertz CT molecular complexity index is 220. The van der Waals surface area contributed by atoms with E-state index in [-0.39, 0.29) is 6.54 Å². The molecule has 4 N–H and O–H groups in total. The number of carboxylic acid groups (broad SMARTS) is 1. The molecule has 0 bridgehead atoms. The van der Waals surface area contributed by atoms with Crippen molar-refractivity contribution in [2.45, 2.75) is 26.4 Å². The van der Waals surface area contributed by atoms with Crippen molar-refractivity contribution in [3.8, 4) is 0 Å². The van der Waals surface area contributed by atoms with Gasteiger partial charge >= 0.3 is 12.0 Å². The second kappa shape index (κ2) is 7.05. The Kier molecular flexibility index (Phi) is 6.44. The van der Waals surface area contributed by atoms with Gasteiger partial charge in [-0.15, -0.1) is 0 Å². The Morgan fingerprint density at radius 3 is 2.27 bits per heavy atom. The van der Waals surface area contributed by atoms with Crippen molar-refractivity contribution in [2.75, 3.05) is 13.1 Å². The molecule has 2 atom stereocenters. The Labute approximate surface area is 88.7 Å². The average Bonchev–Trinajstić information content (AvgIpc) is 2.21.